The molecule has 0 aromatic heterocycles. The first-order chi connectivity index (χ1) is 16.1. The summed E-state index contributed by atoms with van der Waals surface area (Å²) in [4.78, 5) is 48.2. The largest absolute Gasteiger partial charge is 0.493 e. The summed E-state index contributed by atoms with van der Waals surface area (Å²) in [5, 5.41) is 0. The van der Waals surface area contributed by atoms with Crippen LogP contribution in [-0.2, 0) is 38.1 Å². The van der Waals surface area contributed by atoms with Gasteiger partial charge in [0.05, 0.1) is 26.9 Å². The lowest BCUT2D eigenvalue weighted by Gasteiger charge is -2.46. The molecular weight excluding hydrogens is 456 g/mol. The average molecular weight is 482 g/mol. The Hall–Kier alpha value is -3.54. The van der Waals surface area contributed by atoms with Gasteiger partial charge in [-0.25, -0.2) is 4.79 Å². The summed E-state index contributed by atoms with van der Waals surface area (Å²) in [6, 6.07) is 1.42. The Balaban J connectivity index is 2.19. The minimum absolute atomic E-state index is 0.0782. The molecule has 2 heterocycles. The number of esters is 4. The van der Waals surface area contributed by atoms with Crippen molar-refractivity contribution < 1.29 is 57.1 Å². The van der Waals surface area contributed by atoms with Crippen LogP contribution in [0.2, 0.25) is 0 Å². The van der Waals surface area contributed by atoms with Crippen LogP contribution in [0.25, 0.3) is 0 Å². The first-order valence-corrected chi connectivity index (χ1v) is 10.3. The molecule has 3 rings (SSSR count). The predicted molar refractivity (Wildman–Crippen MR) is 111 cm³/mol. The monoisotopic (exact) mass is 482 g/mol. The zero-order valence-electron chi connectivity index (χ0n) is 19.6. The third-order valence-electron chi connectivity index (χ3n) is 5.30. The van der Waals surface area contributed by atoms with Crippen LogP contribution in [0.15, 0.2) is 6.07 Å². The van der Waals surface area contributed by atoms with Gasteiger partial charge in [-0.1, -0.05) is 0 Å². The molecule has 1 aromatic carbocycles. The fraction of sp³-hybridized carbons (Fsp3) is 0.545. The third-order valence-corrected chi connectivity index (χ3v) is 5.30. The second-order valence-corrected chi connectivity index (χ2v) is 7.52. The summed E-state index contributed by atoms with van der Waals surface area (Å²) in [6.45, 7) is 3.19. The van der Waals surface area contributed by atoms with Gasteiger partial charge in [-0.3, -0.25) is 14.4 Å². The van der Waals surface area contributed by atoms with E-state index in [2.05, 4.69) is 0 Å². The topological polar surface area (TPSA) is 142 Å². The summed E-state index contributed by atoms with van der Waals surface area (Å²) in [5.41, 5.74) is 0.335. The molecule has 0 unspecified atom stereocenters. The van der Waals surface area contributed by atoms with Crippen LogP contribution < -0.4 is 14.2 Å². The predicted octanol–water partition coefficient (Wildman–Crippen LogP) is 1.12. The van der Waals surface area contributed by atoms with Crippen LogP contribution in [0, 0.1) is 0 Å². The number of rotatable bonds is 7. The molecule has 1 fully saturated rings. The number of fused-ring (bicyclic) bond motifs is 3. The van der Waals surface area contributed by atoms with Crippen molar-refractivity contribution in [3.8, 4) is 17.2 Å². The second-order valence-electron chi connectivity index (χ2n) is 7.52. The Morgan fingerprint density at radius 1 is 0.882 bits per heavy atom. The average Bonchev–Trinajstić information content (AvgIpc) is 2.77. The summed E-state index contributed by atoms with van der Waals surface area (Å²) in [6.07, 6.45) is -5.84. The molecular formula is C22H26O12. The van der Waals surface area contributed by atoms with E-state index >= 15 is 0 Å². The van der Waals surface area contributed by atoms with Gasteiger partial charge in [-0.15, -0.1) is 0 Å². The highest BCUT2D eigenvalue weighted by Crippen LogP contribution is 2.51. The molecule has 0 bridgehead atoms. The summed E-state index contributed by atoms with van der Waals surface area (Å²) in [7, 11) is 4.17. The lowest BCUT2D eigenvalue weighted by atomic mass is 9.85. The molecule has 0 saturated carbocycles. The Morgan fingerprint density at radius 3 is 2.03 bits per heavy atom. The van der Waals surface area contributed by atoms with Gasteiger partial charge in [0.15, 0.2) is 29.8 Å². The first kappa shape index (κ1) is 25.1. The van der Waals surface area contributed by atoms with Crippen molar-refractivity contribution in [2.75, 3.05) is 27.9 Å². The molecule has 0 aliphatic carbocycles. The number of methoxy groups -OCH3 is 3. The lowest BCUT2D eigenvalue weighted by molar-refractivity contribution is -0.251. The molecule has 186 valence electrons. The molecule has 2 aliphatic heterocycles. The molecule has 0 spiro atoms. The molecule has 0 N–H and O–H groups in total. The number of carbonyl (C=O) groups is 4. The highest BCUT2D eigenvalue weighted by molar-refractivity contribution is 5.95. The van der Waals surface area contributed by atoms with Crippen molar-refractivity contribution in [2.24, 2.45) is 0 Å². The van der Waals surface area contributed by atoms with Crippen LogP contribution >= 0.6 is 0 Å². The van der Waals surface area contributed by atoms with Gasteiger partial charge in [0.1, 0.15) is 18.8 Å². The van der Waals surface area contributed by atoms with E-state index < -0.39 is 54.4 Å². The van der Waals surface area contributed by atoms with Gasteiger partial charge < -0.3 is 37.9 Å². The Bertz CT molecular complexity index is 987. The zero-order valence-corrected chi connectivity index (χ0v) is 19.6. The molecule has 1 saturated heterocycles. The molecule has 12 nitrogen and oxygen atoms in total. The molecule has 1 aromatic rings. The van der Waals surface area contributed by atoms with Gasteiger partial charge in [-0.05, 0) is 6.07 Å². The van der Waals surface area contributed by atoms with Gasteiger partial charge in [0.25, 0.3) is 0 Å². The summed E-state index contributed by atoms with van der Waals surface area (Å²) >= 11 is 0. The van der Waals surface area contributed by atoms with E-state index in [0.29, 0.717) is 0 Å². The van der Waals surface area contributed by atoms with Crippen molar-refractivity contribution in [3.63, 3.8) is 0 Å². The number of hydrogen-bond acceptors (Lipinski definition) is 12. The Morgan fingerprint density at radius 2 is 1.50 bits per heavy atom. The van der Waals surface area contributed by atoms with Crippen molar-refractivity contribution in [1.29, 1.82) is 0 Å². The van der Waals surface area contributed by atoms with Crippen molar-refractivity contribution in [2.45, 2.75) is 51.3 Å². The SMILES string of the molecule is COc1cc2c(c(OC)c1OC)[C@H]1O[C@H](COC(C)=O)[C@@H](OC(C)=O)[C@H](OC(C)=O)[C@@H]1OC2=O. The van der Waals surface area contributed by atoms with E-state index in [1.165, 1.54) is 34.3 Å². The molecule has 12 heteroatoms. The van der Waals surface area contributed by atoms with Gasteiger partial charge in [0.2, 0.25) is 5.75 Å². The van der Waals surface area contributed by atoms with E-state index in [9.17, 15) is 19.2 Å². The first-order valence-electron chi connectivity index (χ1n) is 10.3. The number of benzene rings is 1. The van der Waals surface area contributed by atoms with Gasteiger partial charge >= 0.3 is 23.9 Å². The van der Waals surface area contributed by atoms with E-state index in [1.54, 1.807) is 0 Å². The van der Waals surface area contributed by atoms with Crippen LogP contribution in [0.5, 0.6) is 17.2 Å². The van der Waals surface area contributed by atoms with Crippen LogP contribution in [0.1, 0.15) is 42.8 Å². The van der Waals surface area contributed by atoms with Crippen molar-refractivity contribution in [3.05, 3.63) is 17.2 Å². The van der Waals surface area contributed by atoms with E-state index in [1.807, 2.05) is 0 Å². The van der Waals surface area contributed by atoms with Crippen LogP contribution in [0.3, 0.4) is 0 Å². The fourth-order valence-corrected chi connectivity index (χ4v) is 4.09. The molecule has 0 amide bonds. The van der Waals surface area contributed by atoms with Crippen LogP contribution in [0.4, 0.5) is 0 Å². The summed E-state index contributed by atoms with van der Waals surface area (Å²) < 4.78 is 43.9. The minimum atomic E-state index is -1.27. The molecule has 2 aliphatic rings. The lowest BCUT2D eigenvalue weighted by Crippen LogP contribution is -2.60. The van der Waals surface area contributed by atoms with Crippen molar-refractivity contribution >= 4 is 23.9 Å². The Kier molecular flexibility index (Phi) is 7.50. The third kappa shape index (κ3) is 4.72. The van der Waals surface area contributed by atoms with E-state index in [-0.39, 0.29) is 35.0 Å². The quantitative estimate of drug-likeness (QED) is 0.406. The normalized spacial score (nSPS) is 25.1. The Labute approximate surface area is 195 Å². The standard InChI is InChI=1S/C22H26O12/c1-9(23)30-8-14-17(31-10(2)24)20(32-11(3)25)21-19(33-14)15-12(22(26)34-21)7-13(27-4)16(28-5)18(15)29-6/h7,14,17,19-21H,8H2,1-6H3/t14-,17-,19-,20+,21-/m1/s1. The molecule has 0 radical (unpaired) electrons. The minimum Gasteiger partial charge on any atom is -0.493 e. The molecule has 5 atom stereocenters. The van der Waals surface area contributed by atoms with E-state index in [0.717, 1.165) is 13.8 Å². The maximum atomic E-state index is 13.0. The summed E-state index contributed by atoms with van der Waals surface area (Å²) in [5.74, 6) is -2.23. The fourth-order valence-electron chi connectivity index (χ4n) is 4.09. The molecule has 34 heavy (non-hydrogen) atoms. The maximum Gasteiger partial charge on any atom is 0.339 e. The highest BCUT2D eigenvalue weighted by atomic mass is 16.7. The van der Waals surface area contributed by atoms with Crippen molar-refractivity contribution in [1.82, 2.24) is 0 Å². The smallest absolute Gasteiger partial charge is 0.339 e. The number of carbonyl (C=O) groups excluding carboxylic acids is 4. The second kappa shape index (κ2) is 10.2. The number of hydrogen-bond donors (Lipinski definition) is 0. The van der Waals surface area contributed by atoms with Gasteiger partial charge in [-0.2, -0.15) is 0 Å². The maximum absolute atomic E-state index is 13.0. The highest BCUT2D eigenvalue weighted by Gasteiger charge is 2.56. The zero-order chi connectivity index (χ0) is 25.2. The van der Waals surface area contributed by atoms with Crippen LogP contribution in [-0.4, -0.2) is 76.2 Å². The number of ether oxygens (including phenoxy) is 8. The van der Waals surface area contributed by atoms with Gasteiger partial charge in [0, 0.05) is 26.3 Å². The van der Waals surface area contributed by atoms with E-state index in [4.69, 9.17) is 37.9 Å².